The monoisotopic (exact) mass is 491 g/mol. The van der Waals surface area contributed by atoms with E-state index in [2.05, 4.69) is 39.4 Å². The van der Waals surface area contributed by atoms with Crippen LogP contribution >= 0.6 is 35.4 Å². The molecular weight excluding hydrogens is 461 g/mol. The number of nitrogens with zero attached hydrogens (tertiary/aromatic N) is 2. The third-order valence-corrected chi connectivity index (χ3v) is 7.52. The van der Waals surface area contributed by atoms with E-state index in [0.717, 1.165) is 78.1 Å². The molecule has 0 atom stereocenters. The third-order valence-electron chi connectivity index (χ3n) is 6.47. The van der Waals surface area contributed by atoms with E-state index in [9.17, 15) is 0 Å². The molecule has 1 saturated heterocycles. The molecule has 1 N–H and O–H groups in total. The molecule has 4 nitrogen and oxygen atoms in total. The number of rotatable bonds is 6. The highest BCUT2D eigenvalue weighted by atomic mass is 35.5. The Bertz CT molecular complexity index is 908. The van der Waals surface area contributed by atoms with Crippen molar-refractivity contribution in [2.75, 3.05) is 43.0 Å². The number of aryl methyl sites for hydroxylation is 1. The number of benzene rings is 2. The van der Waals surface area contributed by atoms with Crippen molar-refractivity contribution in [1.29, 1.82) is 0 Å². The number of anilines is 2. The highest BCUT2D eigenvalue weighted by molar-refractivity contribution is 7.80. The van der Waals surface area contributed by atoms with E-state index < -0.39 is 0 Å². The number of hydrogen-bond donors (Lipinski definition) is 1. The number of thiocarbonyl (C=S) groups is 1. The van der Waals surface area contributed by atoms with E-state index in [1.807, 2.05) is 25.1 Å². The van der Waals surface area contributed by atoms with Crippen LogP contribution in [0.3, 0.4) is 0 Å². The van der Waals surface area contributed by atoms with Gasteiger partial charge in [-0.05, 0) is 80.6 Å². The fourth-order valence-electron chi connectivity index (χ4n) is 4.49. The predicted octanol–water partition coefficient (Wildman–Crippen LogP) is 6.19. The number of hydrogen-bond acceptors (Lipinski definition) is 4. The van der Waals surface area contributed by atoms with Crippen molar-refractivity contribution in [2.45, 2.75) is 44.8 Å². The van der Waals surface area contributed by atoms with Gasteiger partial charge in [-0.25, -0.2) is 0 Å². The van der Waals surface area contributed by atoms with Crippen molar-refractivity contribution in [3.63, 3.8) is 0 Å². The minimum Gasteiger partial charge on any atom is -0.382 e. The molecule has 0 bridgehead atoms. The Labute approximate surface area is 206 Å². The average Bonchev–Trinajstić information content (AvgIpc) is 2.81. The number of ether oxygens (including phenoxy) is 1. The smallest absolute Gasteiger partial charge is 0.104 e. The summed E-state index contributed by atoms with van der Waals surface area (Å²) in [5.74, 6) is 0. The van der Waals surface area contributed by atoms with Gasteiger partial charge in [0.05, 0.1) is 12.7 Å². The van der Waals surface area contributed by atoms with Crippen molar-refractivity contribution in [3.05, 3.63) is 58.1 Å². The van der Waals surface area contributed by atoms with Crippen LogP contribution in [-0.4, -0.2) is 54.8 Å². The van der Waals surface area contributed by atoms with Gasteiger partial charge in [-0.3, -0.25) is 0 Å². The molecule has 0 aromatic heterocycles. The number of halogens is 2. The fraction of sp³-hybridized carbons (Fsp3) is 0.480. The second-order valence-corrected chi connectivity index (χ2v) is 10.1. The Morgan fingerprint density at radius 3 is 2.34 bits per heavy atom. The van der Waals surface area contributed by atoms with Gasteiger partial charge in [0.25, 0.3) is 0 Å². The zero-order valence-corrected chi connectivity index (χ0v) is 20.9. The van der Waals surface area contributed by atoms with E-state index in [-0.39, 0.29) is 0 Å². The molecule has 1 saturated carbocycles. The highest BCUT2D eigenvalue weighted by Crippen LogP contribution is 2.26. The first-order valence-corrected chi connectivity index (χ1v) is 12.6. The molecule has 1 aliphatic heterocycles. The SMILES string of the molecule is Cc1cc(NC2CCC(OCC(=S)N3CCN(c4ccc(Cl)cc4)CC3)CC2)ccc1Cl. The Kier molecular flexibility index (Phi) is 8.17. The molecule has 2 aromatic carbocycles. The zero-order valence-electron chi connectivity index (χ0n) is 18.5. The maximum absolute atomic E-state index is 6.20. The van der Waals surface area contributed by atoms with Crippen LogP contribution in [-0.2, 0) is 4.74 Å². The van der Waals surface area contributed by atoms with Crippen LogP contribution in [0.25, 0.3) is 0 Å². The topological polar surface area (TPSA) is 27.7 Å². The quantitative estimate of drug-likeness (QED) is 0.486. The lowest BCUT2D eigenvalue weighted by Gasteiger charge is -2.38. The van der Waals surface area contributed by atoms with E-state index in [1.54, 1.807) is 0 Å². The van der Waals surface area contributed by atoms with Gasteiger partial charge in [-0.2, -0.15) is 0 Å². The Balaban J connectivity index is 1.15. The predicted molar refractivity (Wildman–Crippen MR) is 140 cm³/mol. The van der Waals surface area contributed by atoms with Crippen LogP contribution in [0.5, 0.6) is 0 Å². The van der Waals surface area contributed by atoms with Crippen LogP contribution in [0.1, 0.15) is 31.2 Å². The summed E-state index contributed by atoms with van der Waals surface area (Å²) in [6.07, 6.45) is 4.65. The normalized spacial score (nSPS) is 21.5. The van der Waals surface area contributed by atoms with Crippen LogP contribution in [0.4, 0.5) is 11.4 Å². The molecule has 0 radical (unpaired) electrons. The molecular formula is C25H31Cl2N3OS. The van der Waals surface area contributed by atoms with Gasteiger partial charge in [-0.15, -0.1) is 0 Å². The molecule has 0 amide bonds. The van der Waals surface area contributed by atoms with E-state index in [4.69, 9.17) is 40.2 Å². The molecule has 2 fully saturated rings. The van der Waals surface area contributed by atoms with Gasteiger partial charge in [0.1, 0.15) is 4.99 Å². The molecule has 2 aromatic rings. The summed E-state index contributed by atoms with van der Waals surface area (Å²) < 4.78 is 6.20. The molecule has 2 aliphatic rings. The van der Waals surface area contributed by atoms with Crippen LogP contribution in [0.2, 0.25) is 10.0 Å². The molecule has 0 unspecified atom stereocenters. The van der Waals surface area contributed by atoms with E-state index in [1.165, 1.54) is 5.69 Å². The molecule has 4 rings (SSSR count). The highest BCUT2D eigenvalue weighted by Gasteiger charge is 2.24. The average molecular weight is 493 g/mol. The van der Waals surface area contributed by atoms with Crippen LogP contribution < -0.4 is 10.2 Å². The van der Waals surface area contributed by atoms with Gasteiger partial charge >= 0.3 is 0 Å². The molecule has 172 valence electrons. The van der Waals surface area contributed by atoms with Crippen molar-refractivity contribution < 1.29 is 4.74 Å². The summed E-state index contributed by atoms with van der Waals surface area (Å²) in [5, 5.41) is 5.24. The maximum Gasteiger partial charge on any atom is 0.104 e. The first-order chi connectivity index (χ1) is 15.5. The summed E-state index contributed by atoms with van der Waals surface area (Å²) in [6, 6.07) is 14.7. The molecule has 32 heavy (non-hydrogen) atoms. The molecule has 0 spiro atoms. The molecule has 1 heterocycles. The van der Waals surface area contributed by atoms with E-state index >= 15 is 0 Å². The lowest BCUT2D eigenvalue weighted by molar-refractivity contribution is 0.0473. The Hall–Kier alpha value is -1.53. The Morgan fingerprint density at radius 2 is 1.69 bits per heavy atom. The fourth-order valence-corrected chi connectivity index (χ4v) is 4.98. The minimum absolute atomic E-state index is 0.299. The van der Waals surface area contributed by atoms with Gasteiger partial charge in [-0.1, -0.05) is 35.4 Å². The largest absolute Gasteiger partial charge is 0.382 e. The van der Waals surface area contributed by atoms with E-state index in [0.29, 0.717) is 18.8 Å². The van der Waals surface area contributed by atoms with Crippen molar-refractivity contribution in [3.8, 4) is 0 Å². The zero-order chi connectivity index (χ0) is 22.5. The first-order valence-electron chi connectivity index (χ1n) is 11.4. The second-order valence-electron chi connectivity index (χ2n) is 8.74. The van der Waals surface area contributed by atoms with Crippen molar-refractivity contribution in [1.82, 2.24) is 4.90 Å². The second kappa shape index (κ2) is 11.1. The van der Waals surface area contributed by atoms with Gasteiger partial charge < -0.3 is 19.9 Å². The van der Waals surface area contributed by atoms with Gasteiger partial charge in [0, 0.05) is 53.6 Å². The summed E-state index contributed by atoms with van der Waals surface area (Å²) in [4.78, 5) is 5.60. The summed E-state index contributed by atoms with van der Waals surface area (Å²) in [5.41, 5.74) is 3.47. The lowest BCUT2D eigenvalue weighted by Crippen LogP contribution is -2.49. The van der Waals surface area contributed by atoms with Crippen LogP contribution in [0.15, 0.2) is 42.5 Å². The molecule has 7 heteroatoms. The van der Waals surface area contributed by atoms with Crippen LogP contribution in [0, 0.1) is 6.92 Å². The summed E-state index contributed by atoms with van der Waals surface area (Å²) in [6.45, 7) is 6.38. The van der Waals surface area contributed by atoms with Crippen molar-refractivity contribution in [2.24, 2.45) is 0 Å². The van der Waals surface area contributed by atoms with Crippen molar-refractivity contribution >= 4 is 51.8 Å². The Morgan fingerprint density at radius 1 is 1.00 bits per heavy atom. The first kappa shape index (κ1) is 23.6. The maximum atomic E-state index is 6.20. The lowest BCUT2D eigenvalue weighted by atomic mass is 9.92. The molecule has 1 aliphatic carbocycles. The van der Waals surface area contributed by atoms with Gasteiger partial charge in [0.2, 0.25) is 0 Å². The number of nitrogens with one attached hydrogen (secondary N) is 1. The van der Waals surface area contributed by atoms with Gasteiger partial charge in [0.15, 0.2) is 0 Å². The number of piperazine rings is 1. The third kappa shape index (κ3) is 6.28. The minimum atomic E-state index is 0.299. The summed E-state index contributed by atoms with van der Waals surface area (Å²) in [7, 11) is 0. The standard InChI is InChI=1S/C25H31Cl2N3OS/c1-18-16-21(6-11-24(18)27)28-20-4-9-23(10-5-20)31-17-25(32)30-14-12-29(13-15-30)22-7-2-19(26)3-8-22/h2-3,6-8,11,16,20,23,28H,4-5,9-10,12-15,17H2,1H3. The summed E-state index contributed by atoms with van der Waals surface area (Å²) >= 11 is 17.8.